The minimum Gasteiger partial charge on any atom is -0.467 e. The van der Waals surface area contributed by atoms with E-state index in [-0.39, 0.29) is 11.6 Å². The molecule has 1 aliphatic heterocycles. The molecule has 0 spiro atoms. The van der Waals surface area contributed by atoms with E-state index in [0.29, 0.717) is 16.9 Å². The molecule has 2 atom stereocenters. The maximum absolute atomic E-state index is 13.2. The average molecular weight is 421 g/mol. The zero-order chi connectivity index (χ0) is 22.6. The second-order valence-corrected chi connectivity index (χ2v) is 7.98. The Hall–Kier alpha value is -3.61. The van der Waals surface area contributed by atoms with Gasteiger partial charge < -0.3 is 15.4 Å². The number of nitrogens with one attached hydrogen (secondary N) is 2. The lowest BCUT2D eigenvalue weighted by molar-refractivity contribution is -0.143. The Labute approximate surface area is 182 Å². The second kappa shape index (κ2) is 9.04. The zero-order valence-electron chi connectivity index (χ0n) is 18.1. The van der Waals surface area contributed by atoms with Crippen molar-refractivity contribution in [2.45, 2.75) is 37.9 Å². The zero-order valence-corrected chi connectivity index (χ0v) is 18.1. The topological polar surface area (TPSA) is 85.2 Å². The molecule has 31 heavy (non-hydrogen) atoms. The molecule has 0 radical (unpaired) electrons. The van der Waals surface area contributed by atoms with E-state index in [1.54, 1.807) is 36.4 Å². The molecule has 0 bridgehead atoms. The van der Waals surface area contributed by atoms with Gasteiger partial charge in [-0.3, -0.25) is 4.79 Å². The molecule has 0 aliphatic carbocycles. The summed E-state index contributed by atoms with van der Waals surface area (Å²) in [7, 11) is 1.30. The lowest BCUT2D eigenvalue weighted by atomic mass is 9.88. The highest BCUT2D eigenvalue weighted by atomic mass is 16.5. The number of allylic oxidation sites excluding steroid dienone is 2. The number of methoxy groups -OCH3 is 1. The number of carbonyl (C=O) groups excluding carboxylic acids is 2. The Morgan fingerprint density at radius 2 is 2.03 bits per heavy atom. The van der Waals surface area contributed by atoms with Crippen LogP contribution in [0.25, 0.3) is 0 Å². The summed E-state index contributed by atoms with van der Waals surface area (Å²) in [5.74, 6) is -0.376. The Morgan fingerprint density at radius 3 is 2.65 bits per heavy atom. The molecule has 2 heterocycles. The lowest BCUT2D eigenvalue weighted by Crippen LogP contribution is -2.43. The molecule has 1 aliphatic rings. The first-order valence-electron chi connectivity index (χ1n) is 10.1. The number of carbonyl (C=O) groups is 2. The number of amides is 1. The predicted octanol–water partition coefficient (Wildman–Crippen LogP) is 3.74. The number of rotatable bonds is 7. The summed E-state index contributed by atoms with van der Waals surface area (Å²) in [6.07, 6.45) is 7.67. The van der Waals surface area contributed by atoms with Crippen LogP contribution in [-0.2, 0) is 15.1 Å². The average Bonchev–Trinajstić information content (AvgIpc) is 3.20. The van der Waals surface area contributed by atoms with Gasteiger partial charge in [-0.05, 0) is 31.4 Å². The van der Waals surface area contributed by atoms with E-state index >= 15 is 0 Å². The summed E-state index contributed by atoms with van der Waals surface area (Å²) in [6.45, 7) is 11.8. The van der Waals surface area contributed by atoms with Crippen molar-refractivity contribution in [1.29, 1.82) is 0 Å². The molecule has 2 aromatic rings. The Balaban J connectivity index is 1.94. The first kappa shape index (κ1) is 22.1. The second-order valence-electron chi connectivity index (χ2n) is 7.98. The first-order valence-corrected chi connectivity index (χ1v) is 10.1. The van der Waals surface area contributed by atoms with E-state index in [1.807, 2.05) is 16.8 Å². The van der Waals surface area contributed by atoms with Crippen molar-refractivity contribution in [3.63, 3.8) is 0 Å². The fourth-order valence-electron chi connectivity index (χ4n) is 3.83. The molecular formula is C24H28N4O3. The standard InChI is InChI=1S/C24H28N4O3/c1-6-11-16(7-2)19-14-24(3,4)28-21(26-19)18(15-25-28)22(29)27-20(23(30)31-5)17-12-9-8-10-13-17/h6-13,15,19-20,26H,1-2,14H2,3-5H3,(H,27,29)/b16-11+. The van der Waals surface area contributed by atoms with E-state index in [9.17, 15) is 9.59 Å². The van der Waals surface area contributed by atoms with Gasteiger partial charge >= 0.3 is 5.97 Å². The molecule has 1 aromatic carbocycles. The van der Waals surface area contributed by atoms with E-state index in [0.717, 1.165) is 12.0 Å². The normalized spacial score (nSPS) is 18.2. The van der Waals surface area contributed by atoms with Gasteiger partial charge in [0.05, 0.1) is 24.9 Å². The molecule has 2 N–H and O–H groups in total. The Kier molecular flexibility index (Phi) is 6.44. The summed E-state index contributed by atoms with van der Waals surface area (Å²) in [6, 6.07) is 7.99. The van der Waals surface area contributed by atoms with Crippen LogP contribution in [0.5, 0.6) is 0 Å². The van der Waals surface area contributed by atoms with Crippen LogP contribution in [-0.4, -0.2) is 34.8 Å². The van der Waals surface area contributed by atoms with Crippen molar-refractivity contribution in [2.75, 3.05) is 12.4 Å². The van der Waals surface area contributed by atoms with Gasteiger partial charge in [0.15, 0.2) is 6.04 Å². The van der Waals surface area contributed by atoms with Crippen LogP contribution >= 0.6 is 0 Å². The quantitative estimate of drug-likeness (QED) is 0.526. The molecule has 3 rings (SSSR count). The van der Waals surface area contributed by atoms with Crippen LogP contribution in [0.4, 0.5) is 5.82 Å². The highest BCUT2D eigenvalue weighted by molar-refractivity contribution is 6.01. The van der Waals surface area contributed by atoms with Gasteiger partial charge in [-0.25, -0.2) is 9.48 Å². The smallest absolute Gasteiger partial charge is 0.333 e. The van der Waals surface area contributed by atoms with Gasteiger partial charge in [0.2, 0.25) is 0 Å². The SMILES string of the molecule is C=C/C=C(\C=C)C1CC(C)(C)n2ncc(C(=O)NC(C(=O)OC)c3ccccc3)c2N1. The molecule has 1 amide bonds. The summed E-state index contributed by atoms with van der Waals surface area (Å²) in [5.41, 5.74) is 1.62. The minimum absolute atomic E-state index is 0.0632. The lowest BCUT2D eigenvalue weighted by Gasteiger charge is -2.38. The molecule has 162 valence electrons. The van der Waals surface area contributed by atoms with E-state index in [1.165, 1.54) is 13.3 Å². The third-order valence-electron chi connectivity index (χ3n) is 5.40. The van der Waals surface area contributed by atoms with E-state index in [2.05, 4.69) is 42.7 Å². The van der Waals surface area contributed by atoms with E-state index in [4.69, 9.17) is 4.74 Å². The monoisotopic (exact) mass is 420 g/mol. The van der Waals surface area contributed by atoms with Crippen molar-refractivity contribution < 1.29 is 14.3 Å². The number of ether oxygens (including phenoxy) is 1. The molecule has 7 heteroatoms. The maximum Gasteiger partial charge on any atom is 0.333 e. The van der Waals surface area contributed by atoms with Crippen LogP contribution in [0, 0.1) is 0 Å². The Morgan fingerprint density at radius 1 is 1.32 bits per heavy atom. The predicted molar refractivity (Wildman–Crippen MR) is 121 cm³/mol. The van der Waals surface area contributed by atoms with Crippen LogP contribution in [0.1, 0.15) is 42.2 Å². The summed E-state index contributed by atoms with van der Waals surface area (Å²) in [4.78, 5) is 25.6. The number of benzene rings is 1. The number of hydrogen-bond donors (Lipinski definition) is 2. The first-order chi connectivity index (χ1) is 14.8. The summed E-state index contributed by atoms with van der Waals surface area (Å²) < 4.78 is 6.71. The molecule has 2 unspecified atom stereocenters. The Bertz CT molecular complexity index is 1020. The van der Waals surface area contributed by atoms with Crippen LogP contribution < -0.4 is 10.6 Å². The number of anilines is 1. The molecule has 1 aromatic heterocycles. The molecular weight excluding hydrogens is 392 g/mol. The van der Waals surface area contributed by atoms with Crippen molar-refractivity contribution in [2.24, 2.45) is 0 Å². The van der Waals surface area contributed by atoms with Crippen molar-refractivity contribution >= 4 is 17.7 Å². The number of nitrogens with zero attached hydrogens (tertiary/aromatic N) is 2. The summed E-state index contributed by atoms with van der Waals surface area (Å²) >= 11 is 0. The third-order valence-corrected chi connectivity index (χ3v) is 5.40. The largest absolute Gasteiger partial charge is 0.467 e. The molecule has 0 fully saturated rings. The molecule has 0 saturated heterocycles. The van der Waals surface area contributed by atoms with Crippen LogP contribution in [0.3, 0.4) is 0 Å². The van der Waals surface area contributed by atoms with Crippen LogP contribution in [0.2, 0.25) is 0 Å². The molecule has 0 saturated carbocycles. The van der Waals surface area contributed by atoms with Gasteiger partial charge in [0.25, 0.3) is 5.91 Å². The van der Waals surface area contributed by atoms with Gasteiger partial charge in [-0.15, -0.1) is 0 Å². The fourth-order valence-corrected chi connectivity index (χ4v) is 3.83. The molecule has 7 nitrogen and oxygen atoms in total. The highest BCUT2D eigenvalue weighted by Crippen LogP contribution is 2.36. The van der Waals surface area contributed by atoms with Crippen molar-refractivity contribution in [3.05, 3.63) is 84.6 Å². The number of esters is 1. The van der Waals surface area contributed by atoms with Gasteiger partial charge in [-0.1, -0.05) is 61.7 Å². The van der Waals surface area contributed by atoms with Gasteiger partial charge in [0.1, 0.15) is 11.4 Å². The van der Waals surface area contributed by atoms with Crippen molar-refractivity contribution in [1.82, 2.24) is 15.1 Å². The highest BCUT2D eigenvalue weighted by Gasteiger charge is 2.37. The van der Waals surface area contributed by atoms with Gasteiger partial charge in [0, 0.05) is 0 Å². The fraction of sp³-hybridized carbons (Fsp3) is 0.292. The summed E-state index contributed by atoms with van der Waals surface area (Å²) in [5, 5.41) is 10.7. The maximum atomic E-state index is 13.2. The van der Waals surface area contributed by atoms with Crippen LogP contribution in [0.15, 0.2) is 73.5 Å². The number of hydrogen-bond acceptors (Lipinski definition) is 5. The number of fused-ring (bicyclic) bond motifs is 1. The van der Waals surface area contributed by atoms with Crippen molar-refractivity contribution in [3.8, 4) is 0 Å². The third kappa shape index (κ3) is 4.45. The van der Waals surface area contributed by atoms with Gasteiger partial charge in [-0.2, -0.15) is 5.10 Å². The number of aromatic nitrogens is 2. The van der Waals surface area contributed by atoms with E-state index < -0.39 is 17.9 Å². The minimum atomic E-state index is -0.925.